The van der Waals surface area contributed by atoms with E-state index in [1.165, 1.54) is 6.07 Å². The number of aromatic nitrogens is 2. The number of rotatable bonds is 4. The second-order valence-corrected chi connectivity index (χ2v) is 3.39. The fourth-order valence-corrected chi connectivity index (χ4v) is 1.37. The quantitative estimate of drug-likeness (QED) is 0.879. The van der Waals surface area contributed by atoms with Crippen molar-refractivity contribution in [2.45, 2.75) is 6.54 Å². The minimum atomic E-state index is -0.367. The van der Waals surface area contributed by atoms with Gasteiger partial charge >= 0.3 is 0 Å². The average Bonchev–Trinajstić information content (AvgIpc) is 2.38. The summed E-state index contributed by atoms with van der Waals surface area (Å²) in [4.78, 5) is 7.89. The molecule has 0 aliphatic heterocycles. The molecule has 88 valence electrons. The molecule has 0 unspecified atom stereocenters. The molecular weight excluding hydrogens is 221 g/mol. The topological polar surface area (TPSA) is 47.0 Å². The van der Waals surface area contributed by atoms with E-state index < -0.39 is 0 Å². The normalized spacial score (nSPS) is 10.0. The number of nitrogens with zero attached hydrogens (tertiary/aromatic N) is 2. The van der Waals surface area contributed by atoms with Gasteiger partial charge in [-0.25, -0.2) is 14.4 Å². The average molecular weight is 233 g/mol. The Hall–Kier alpha value is -2.17. The van der Waals surface area contributed by atoms with Crippen LogP contribution in [0.4, 0.5) is 10.2 Å². The molecule has 5 heteroatoms. The lowest BCUT2D eigenvalue weighted by Crippen LogP contribution is -2.03. The highest BCUT2D eigenvalue weighted by Gasteiger charge is 2.02. The molecule has 0 bridgehead atoms. The molecule has 0 aromatic carbocycles. The summed E-state index contributed by atoms with van der Waals surface area (Å²) < 4.78 is 18.3. The zero-order valence-electron chi connectivity index (χ0n) is 9.35. The van der Waals surface area contributed by atoms with Gasteiger partial charge in [0.05, 0.1) is 7.11 Å². The van der Waals surface area contributed by atoms with Crippen molar-refractivity contribution >= 4 is 5.82 Å². The van der Waals surface area contributed by atoms with E-state index in [1.807, 2.05) is 6.07 Å². The monoisotopic (exact) mass is 233 g/mol. The molecule has 0 amide bonds. The van der Waals surface area contributed by atoms with Crippen LogP contribution < -0.4 is 10.1 Å². The summed E-state index contributed by atoms with van der Waals surface area (Å²) in [7, 11) is 1.55. The summed E-state index contributed by atoms with van der Waals surface area (Å²) in [6.45, 7) is 0.465. The van der Waals surface area contributed by atoms with Gasteiger partial charge < -0.3 is 10.1 Å². The van der Waals surface area contributed by atoms with Crippen LogP contribution in [0.1, 0.15) is 5.56 Å². The number of hydrogen-bond acceptors (Lipinski definition) is 4. The Bertz CT molecular complexity index is 505. The highest BCUT2D eigenvalue weighted by molar-refractivity contribution is 5.37. The van der Waals surface area contributed by atoms with E-state index in [4.69, 9.17) is 4.74 Å². The number of anilines is 1. The van der Waals surface area contributed by atoms with E-state index in [0.717, 1.165) is 5.56 Å². The SMILES string of the molecule is COc1cc(CNc2ncccc2F)ccn1. The Labute approximate surface area is 98.5 Å². The molecule has 2 aromatic heterocycles. The van der Waals surface area contributed by atoms with Crippen LogP contribution in [-0.4, -0.2) is 17.1 Å². The Morgan fingerprint density at radius 1 is 1.29 bits per heavy atom. The van der Waals surface area contributed by atoms with Crippen molar-refractivity contribution in [3.8, 4) is 5.88 Å². The second kappa shape index (κ2) is 5.25. The Balaban J connectivity index is 2.05. The van der Waals surface area contributed by atoms with Gasteiger partial charge in [-0.1, -0.05) is 0 Å². The van der Waals surface area contributed by atoms with Gasteiger partial charge in [-0.3, -0.25) is 0 Å². The molecule has 2 rings (SSSR count). The van der Waals surface area contributed by atoms with Crippen LogP contribution in [0.2, 0.25) is 0 Å². The third kappa shape index (κ3) is 2.90. The van der Waals surface area contributed by atoms with Gasteiger partial charge in [0.15, 0.2) is 11.6 Å². The van der Waals surface area contributed by atoms with Crippen LogP contribution in [-0.2, 0) is 6.54 Å². The lowest BCUT2D eigenvalue weighted by molar-refractivity contribution is 0.397. The number of halogens is 1. The number of nitrogens with one attached hydrogen (secondary N) is 1. The van der Waals surface area contributed by atoms with Crippen molar-refractivity contribution in [2.24, 2.45) is 0 Å². The van der Waals surface area contributed by atoms with Crippen LogP contribution >= 0.6 is 0 Å². The molecule has 0 fully saturated rings. The third-order valence-electron chi connectivity index (χ3n) is 2.23. The molecule has 0 saturated heterocycles. The zero-order valence-corrected chi connectivity index (χ0v) is 9.35. The maximum absolute atomic E-state index is 13.3. The fourth-order valence-electron chi connectivity index (χ4n) is 1.37. The van der Waals surface area contributed by atoms with Gasteiger partial charge in [0.25, 0.3) is 0 Å². The maximum Gasteiger partial charge on any atom is 0.213 e. The van der Waals surface area contributed by atoms with E-state index in [0.29, 0.717) is 12.4 Å². The van der Waals surface area contributed by atoms with Crippen LogP contribution in [0.25, 0.3) is 0 Å². The largest absolute Gasteiger partial charge is 0.481 e. The minimum Gasteiger partial charge on any atom is -0.481 e. The predicted molar refractivity (Wildman–Crippen MR) is 62.3 cm³/mol. The van der Waals surface area contributed by atoms with E-state index >= 15 is 0 Å². The predicted octanol–water partition coefficient (Wildman–Crippen LogP) is 2.24. The highest BCUT2D eigenvalue weighted by atomic mass is 19.1. The molecule has 17 heavy (non-hydrogen) atoms. The molecular formula is C12H12FN3O. The summed E-state index contributed by atoms with van der Waals surface area (Å²) in [5, 5.41) is 2.91. The van der Waals surface area contributed by atoms with Gasteiger partial charge in [-0.05, 0) is 23.8 Å². The molecule has 0 aliphatic carbocycles. The minimum absolute atomic E-state index is 0.239. The maximum atomic E-state index is 13.3. The molecule has 2 aromatic rings. The van der Waals surface area contributed by atoms with E-state index in [9.17, 15) is 4.39 Å². The molecule has 0 aliphatic rings. The Morgan fingerprint density at radius 3 is 2.94 bits per heavy atom. The van der Waals surface area contributed by atoms with Crippen molar-refractivity contribution in [2.75, 3.05) is 12.4 Å². The molecule has 1 N–H and O–H groups in total. The number of hydrogen-bond donors (Lipinski definition) is 1. The molecule has 0 spiro atoms. The Morgan fingerprint density at radius 2 is 2.18 bits per heavy atom. The summed E-state index contributed by atoms with van der Waals surface area (Å²) in [6.07, 6.45) is 3.18. The van der Waals surface area contributed by atoms with Crippen LogP contribution in [0, 0.1) is 5.82 Å². The summed E-state index contributed by atoms with van der Waals surface area (Å²) in [6, 6.07) is 6.53. The van der Waals surface area contributed by atoms with Gasteiger partial charge in [0.2, 0.25) is 5.88 Å². The standard InChI is InChI=1S/C12H12FN3O/c1-17-11-7-9(4-6-14-11)8-16-12-10(13)3-2-5-15-12/h2-7H,8H2,1H3,(H,15,16). The van der Waals surface area contributed by atoms with E-state index in [2.05, 4.69) is 15.3 Å². The second-order valence-electron chi connectivity index (χ2n) is 3.39. The first kappa shape index (κ1) is 11.3. The number of ether oxygens (including phenoxy) is 1. The highest BCUT2D eigenvalue weighted by Crippen LogP contribution is 2.12. The third-order valence-corrected chi connectivity index (χ3v) is 2.23. The van der Waals surface area contributed by atoms with Gasteiger partial charge in [-0.15, -0.1) is 0 Å². The summed E-state index contributed by atoms with van der Waals surface area (Å²) in [5.74, 6) is 0.405. The van der Waals surface area contributed by atoms with Crippen molar-refractivity contribution in [3.63, 3.8) is 0 Å². The van der Waals surface area contributed by atoms with Crippen molar-refractivity contribution in [3.05, 3.63) is 48.0 Å². The molecule has 2 heterocycles. The first-order valence-electron chi connectivity index (χ1n) is 5.13. The molecule has 0 atom stereocenters. The smallest absolute Gasteiger partial charge is 0.213 e. The molecule has 4 nitrogen and oxygen atoms in total. The lowest BCUT2D eigenvalue weighted by atomic mass is 10.2. The number of pyridine rings is 2. The number of methoxy groups -OCH3 is 1. The summed E-state index contributed by atoms with van der Waals surface area (Å²) >= 11 is 0. The molecule has 0 radical (unpaired) electrons. The van der Waals surface area contributed by atoms with Gasteiger partial charge in [-0.2, -0.15) is 0 Å². The van der Waals surface area contributed by atoms with Crippen LogP contribution in [0.15, 0.2) is 36.7 Å². The van der Waals surface area contributed by atoms with E-state index in [1.54, 1.807) is 31.6 Å². The van der Waals surface area contributed by atoms with Gasteiger partial charge in [0.1, 0.15) is 0 Å². The van der Waals surface area contributed by atoms with Crippen molar-refractivity contribution in [1.82, 2.24) is 9.97 Å². The first-order chi connectivity index (χ1) is 8.29. The molecule has 0 saturated carbocycles. The van der Waals surface area contributed by atoms with Crippen molar-refractivity contribution < 1.29 is 9.13 Å². The van der Waals surface area contributed by atoms with Crippen LogP contribution in [0.3, 0.4) is 0 Å². The van der Waals surface area contributed by atoms with Gasteiger partial charge in [0, 0.05) is 25.0 Å². The zero-order chi connectivity index (χ0) is 12.1. The lowest BCUT2D eigenvalue weighted by Gasteiger charge is -2.07. The van der Waals surface area contributed by atoms with Crippen molar-refractivity contribution in [1.29, 1.82) is 0 Å². The van der Waals surface area contributed by atoms with E-state index in [-0.39, 0.29) is 11.6 Å². The van der Waals surface area contributed by atoms with Crippen LogP contribution in [0.5, 0.6) is 5.88 Å². The first-order valence-corrected chi connectivity index (χ1v) is 5.13. The Kier molecular flexibility index (Phi) is 3.49. The summed E-state index contributed by atoms with van der Waals surface area (Å²) in [5.41, 5.74) is 0.946. The fraction of sp³-hybridized carbons (Fsp3) is 0.167.